The van der Waals surface area contributed by atoms with Crippen LogP contribution in [0.2, 0.25) is 5.02 Å². The Morgan fingerprint density at radius 2 is 1.91 bits per heavy atom. The lowest BCUT2D eigenvalue weighted by molar-refractivity contribution is -0.132. The lowest BCUT2D eigenvalue weighted by atomic mass is 10.0. The van der Waals surface area contributed by atoms with E-state index in [1.54, 1.807) is 0 Å². The minimum atomic E-state index is 0.333. The maximum atomic E-state index is 12.4. The average Bonchev–Trinajstić information content (AvgIpc) is 2.75. The highest BCUT2D eigenvalue weighted by Gasteiger charge is 2.20. The van der Waals surface area contributed by atoms with Crippen LogP contribution in [0.5, 0.6) is 0 Å². The van der Waals surface area contributed by atoms with Crippen molar-refractivity contribution < 1.29 is 4.79 Å². The summed E-state index contributed by atoms with van der Waals surface area (Å²) in [6, 6.07) is 8.06. The van der Waals surface area contributed by atoms with Gasteiger partial charge in [0.1, 0.15) is 0 Å². The summed E-state index contributed by atoms with van der Waals surface area (Å²) in [5.74, 6) is 0.834. The summed E-state index contributed by atoms with van der Waals surface area (Å²) >= 11 is 5.94. The third kappa shape index (κ3) is 6.15. The molecule has 1 atom stereocenters. The lowest BCUT2D eigenvalue weighted by Crippen LogP contribution is -2.35. The molecule has 0 saturated carbocycles. The molecule has 0 bridgehead atoms. The second kappa shape index (κ2) is 9.29. The molecule has 0 radical (unpaired) electrons. The summed E-state index contributed by atoms with van der Waals surface area (Å²) in [4.78, 5) is 16.9. The number of carbonyl (C=O) groups excluding carboxylic acids is 1. The van der Waals surface area contributed by atoms with E-state index in [1.165, 1.54) is 5.56 Å². The molecule has 0 N–H and O–H groups in total. The van der Waals surface area contributed by atoms with Crippen molar-refractivity contribution in [2.45, 2.75) is 46.1 Å². The molecule has 1 saturated heterocycles. The van der Waals surface area contributed by atoms with Crippen molar-refractivity contribution in [3.8, 4) is 0 Å². The third-order valence-electron chi connectivity index (χ3n) is 4.57. The SMILES string of the molecule is CCCC(C)CC(=O)N1CCCN(Cc2ccc(Cl)cc2)CC1. The molecule has 1 aromatic rings. The van der Waals surface area contributed by atoms with Gasteiger partial charge in [0.25, 0.3) is 0 Å². The summed E-state index contributed by atoms with van der Waals surface area (Å²) in [5, 5.41) is 0.780. The predicted molar refractivity (Wildman–Crippen MR) is 96.6 cm³/mol. The van der Waals surface area contributed by atoms with Gasteiger partial charge in [0.05, 0.1) is 0 Å². The average molecular weight is 337 g/mol. The van der Waals surface area contributed by atoms with Crippen molar-refractivity contribution in [2.24, 2.45) is 5.92 Å². The normalized spacial score (nSPS) is 17.8. The molecular formula is C19H29ClN2O. The summed E-state index contributed by atoms with van der Waals surface area (Å²) in [7, 11) is 0. The molecule has 1 aliphatic heterocycles. The first-order valence-corrected chi connectivity index (χ1v) is 9.21. The van der Waals surface area contributed by atoms with Gasteiger partial charge < -0.3 is 4.90 Å². The van der Waals surface area contributed by atoms with Crippen LogP contribution < -0.4 is 0 Å². The molecule has 1 aliphatic rings. The number of halogens is 1. The Labute approximate surface area is 145 Å². The number of rotatable bonds is 6. The predicted octanol–water partition coefficient (Wildman–Crippen LogP) is 4.20. The molecule has 1 aromatic carbocycles. The smallest absolute Gasteiger partial charge is 0.222 e. The molecule has 4 heteroatoms. The van der Waals surface area contributed by atoms with Crippen LogP contribution in [0.15, 0.2) is 24.3 Å². The minimum Gasteiger partial charge on any atom is -0.341 e. The Hall–Kier alpha value is -1.06. The highest BCUT2D eigenvalue weighted by atomic mass is 35.5. The second-order valence-corrected chi connectivity index (χ2v) is 7.17. The fourth-order valence-electron chi connectivity index (χ4n) is 3.25. The fourth-order valence-corrected chi connectivity index (χ4v) is 3.37. The highest BCUT2D eigenvalue weighted by Crippen LogP contribution is 2.15. The van der Waals surface area contributed by atoms with Gasteiger partial charge in [-0.05, 0) is 30.0 Å². The van der Waals surface area contributed by atoms with E-state index in [0.29, 0.717) is 18.2 Å². The Kier molecular flexibility index (Phi) is 7.38. The maximum absolute atomic E-state index is 12.4. The first kappa shape index (κ1) is 18.3. The Morgan fingerprint density at radius 3 is 2.61 bits per heavy atom. The van der Waals surface area contributed by atoms with E-state index in [0.717, 1.165) is 57.0 Å². The van der Waals surface area contributed by atoms with Crippen LogP contribution in [0.4, 0.5) is 0 Å². The van der Waals surface area contributed by atoms with E-state index in [4.69, 9.17) is 11.6 Å². The van der Waals surface area contributed by atoms with Crippen LogP contribution in [0.25, 0.3) is 0 Å². The lowest BCUT2D eigenvalue weighted by Gasteiger charge is -2.23. The standard InChI is InChI=1S/C19H29ClN2O/c1-3-5-16(2)14-19(23)22-11-4-10-21(12-13-22)15-17-6-8-18(20)9-7-17/h6-9,16H,3-5,10-15H2,1-2H3. The first-order chi connectivity index (χ1) is 11.1. The molecule has 1 unspecified atom stereocenters. The van der Waals surface area contributed by atoms with Crippen LogP contribution in [0.3, 0.4) is 0 Å². The number of benzene rings is 1. The summed E-state index contributed by atoms with van der Waals surface area (Å²) in [6.45, 7) is 9.06. The molecule has 3 nitrogen and oxygen atoms in total. The van der Waals surface area contributed by atoms with E-state index >= 15 is 0 Å². The Morgan fingerprint density at radius 1 is 1.17 bits per heavy atom. The van der Waals surface area contributed by atoms with Crippen molar-refractivity contribution in [2.75, 3.05) is 26.2 Å². The topological polar surface area (TPSA) is 23.6 Å². The van der Waals surface area contributed by atoms with Crippen LogP contribution in [-0.2, 0) is 11.3 Å². The van der Waals surface area contributed by atoms with Gasteiger partial charge in [-0.1, -0.05) is 50.4 Å². The monoisotopic (exact) mass is 336 g/mol. The van der Waals surface area contributed by atoms with Crippen LogP contribution in [0, 0.1) is 5.92 Å². The van der Waals surface area contributed by atoms with Gasteiger partial charge in [-0.25, -0.2) is 0 Å². The van der Waals surface area contributed by atoms with E-state index in [-0.39, 0.29) is 0 Å². The molecule has 128 valence electrons. The molecule has 1 heterocycles. The molecule has 1 amide bonds. The van der Waals surface area contributed by atoms with Gasteiger partial charge in [-0.2, -0.15) is 0 Å². The van der Waals surface area contributed by atoms with Gasteiger partial charge in [0.15, 0.2) is 0 Å². The van der Waals surface area contributed by atoms with E-state index in [2.05, 4.69) is 35.8 Å². The quantitative estimate of drug-likeness (QED) is 0.777. The van der Waals surface area contributed by atoms with Crippen molar-refractivity contribution in [3.63, 3.8) is 0 Å². The summed E-state index contributed by atoms with van der Waals surface area (Å²) < 4.78 is 0. The molecule has 23 heavy (non-hydrogen) atoms. The van der Waals surface area contributed by atoms with Gasteiger partial charge in [-0.15, -0.1) is 0 Å². The largest absolute Gasteiger partial charge is 0.341 e. The van der Waals surface area contributed by atoms with E-state index in [9.17, 15) is 4.79 Å². The Bertz CT molecular complexity index is 489. The molecule has 0 spiro atoms. The van der Waals surface area contributed by atoms with Gasteiger partial charge >= 0.3 is 0 Å². The number of hydrogen-bond acceptors (Lipinski definition) is 2. The third-order valence-corrected chi connectivity index (χ3v) is 4.82. The Balaban J connectivity index is 1.82. The molecule has 0 aromatic heterocycles. The zero-order chi connectivity index (χ0) is 16.7. The molecule has 0 aliphatic carbocycles. The van der Waals surface area contributed by atoms with Gasteiger partial charge in [0.2, 0.25) is 5.91 Å². The van der Waals surface area contributed by atoms with Crippen molar-refractivity contribution in [1.82, 2.24) is 9.80 Å². The van der Waals surface area contributed by atoms with Gasteiger partial charge in [0, 0.05) is 44.2 Å². The van der Waals surface area contributed by atoms with E-state index < -0.39 is 0 Å². The van der Waals surface area contributed by atoms with Crippen molar-refractivity contribution in [3.05, 3.63) is 34.9 Å². The maximum Gasteiger partial charge on any atom is 0.222 e. The molecule has 1 fully saturated rings. The van der Waals surface area contributed by atoms with Crippen molar-refractivity contribution in [1.29, 1.82) is 0 Å². The molecule has 2 rings (SSSR count). The van der Waals surface area contributed by atoms with Crippen LogP contribution >= 0.6 is 11.6 Å². The number of carbonyl (C=O) groups is 1. The first-order valence-electron chi connectivity index (χ1n) is 8.83. The van der Waals surface area contributed by atoms with Crippen LogP contribution in [0.1, 0.15) is 45.1 Å². The zero-order valence-corrected chi connectivity index (χ0v) is 15.2. The number of hydrogen-bond donors (Lipinski definition) is 0. The number of amides is 1. The van der Waals surface area contributed by atoms with E-state index in [1.807, 2.05) is 12.1 Å². The number of nitrogens with zero attached hydrogens (tertiary/aromatic N) is 2. The minimum absolute atomic E-state index is 0.333. The highest BCUT2D eigenvalue weighted by molar-refractivity contribution is 6.30. The second-order valence-electron chi connectivity index (χ2n) is 6.73. The zero-order valence-electron chi connectivity index (χ0n) is 14.4. The van der Waals surface area contributed by atoms with Crippen molar-refractivity contribution >= 4 is 17.5 Å². The summed E-state index contributed by atoms with van der Waals surface area (Å²) in [5.41, 5.74) is 1.28. The van der Waals surface area contributed by atoms with Gasteiger partial charge in [-0.3, -0.25) is 9.69 Å². The molecular weight excluding hydrogens is 308 g/mol. The van der Waals surface area contributed by atoms with Crippen LogP contribution in [-0.4, -0.2) is 41.9 Å². The fraction of sp³-hybridized carbons (Fsp3) is 0.632. The summed E-state index contributed by atoms with van der Waals surface area (Å²) in [6.07, 6.45) is 4.05.